The van der Waals surface area contributed by atoms with Crippen molar-refractivity contribution >= 4 is 0 Å². The highest BCUT2D eigenvalue weighted by atomic mass is 14.7. The van der Waals surface area contributed by atoms with Crippen LogP contribution in [0.25, 0.3) is 11.1 Å². The molecule has 0 bridgehead atoms. The van der Waals surface area contributed by atoms with Gasteiger partial charge in [0.1, 0.15) is 0 Å². The molecule has 0 saturated carbocycles. The molecule has 1 aromatic carbocycles. The van der Waals surface area contributed by atoms with Gasteiger partial charge in [0, 0.05) is 17.5 Å². The van der Waals surface area contributed by atoms with Crippen LogP contribution in [0.3, 0.4) is 0 Å². The van der Waals surface area contributed by atoms with E-state index in [1.54, 1.807) is 0 Å². The van der Waals surface area contributed by atoms with Crippen LogP contribution in [0.1, 0.15) is 16.8 Å². The fourth-order valence-electron chi connectivity index (χ4n) is 1.69. The molecule has 0 spiro atoms. The summed E-state index contributed by atoms with van der Waals surface area (Å²) in [5, 5.41) is 0. The van der Waals surface area contributed by atoms with Crippen LogP contribution in [0.15, 0.2) is 36.5 Å². The first kappa shape index (κ1) is 9.91. The summed E-state index contributed by atoms with van der Waals surface area (Å²) in [7, 11) is 0. The SMILES string of the molecule is Cc1ccc(-c2cccc(C)c2C)cn1. The second kappa shape index (κ2) is 3.85. The van der Waals surface area contributed by atoms with E-state index in [0.29, 0.717) is 0 Å². The summed E-state index contributed by atoms with van der Waals surface area (Å²) in [5.74, 6) is 0. The van der Waals surface area contributed by atoms with Crippen LogP contribution in [0.4, 0.5) is 0 Å². The van der Waals surface area contributed by atoms with Gasteiger partial charge >= 0.3 is 0 Å². The van der Waals surface area contributed by atoms with Crippen molar-refractivity contribution in [3.63, 3.8) is 0 Å². The molecule has 0 amide bonds. The first-order chi connectivity index (χ1) is 7.18. The summed E-state index contributed by atoms with van der Waals surface area (Å²) in [5.41, 5.74) is 6.20. The van der Waals surface area contributed by atoms with E-state index in [-0.39, 0.29) is 0 Å². The van der Waals surface area contributed by atoms with E-state index in [1.165, 1.54) is 22.3 Å². The van der Waals surface area contributed by atoms with Crippen molar-refractivity contribution in [3.05, 3.63) is 53.3 Å². The Morgan fingerprint density at radius 2 is 1.73 bits per heavy atom. The van der Waals surface area contributed by atoms with Gasteiger partial charge in [0.2, 0.25) is 0 Å². The summed E-state index contributed by atoms with van der Waals surface area (Å²) in [6.07, 6.45) is 1.94. The predicted octanol–water partition coefficient (Wildman–Crippen LogP) is 3.67. The van der Waals surface area contributed by atoms with Gasteiger partial charge in [-0.3, -0.25) is 4.98 Å². The van der Waals surface area contributed by atoms with E-state index < -0.39 is 0 Å². The molecule has 0 aliphatic rings. The van der Waals surface area contributed by atoms with Crippen LogP contribution in [0, 0.1) is 20.8 Å². The largest absolute Gasteiger partial charge is 0.261 e. The second-order valence-corrected chi connectivity index (χ2v) is 3.94. The Morgan fingerprint density at radius 3 is 2.40 bits per heavy atom. The molecule has 1 heterocycles. The molecule has 0 aliphatic carbocycles. The maximum absolute atomic E-state index is 4.33. The Balaban J connectivity index is 2.54. The zero-order valence-electron chi connectivity index (χ0n) is 9.41. The number of rotatable bonds is 1. The molecule has 0 aliphatic heterocycles. The Kier molecular flexibility index (Phi) is 2.55. The van der Waals surface area contributed by atoms with E-state index in [0.717, 1.165) is 5.69 Å². The summed E-state index contributed by atoms with van der Waals surface area (Å²) in [4.78, 5) is 4.33. The van der Waals surface area contributed by atoms with Gasteiger partial charge < -0.3 is 0 Å². The maximum atomic E-state index is 4.33. The van der Waals surface area contributed by atoms with Crippen LogP contribution in [0.2, 0.25) is 0 Å². The summed E-state index contributed by atoms with van der Waals surface area (Å²) < 4.78 is 0. The lowest BCUT2D eigenvalue weighted by Gasteiger charge is -2.08. The van der Waals surface area contributed by atoms with Gasteiger partial charge in [-0.15, -0.1) is 0 Å². The molecule has 15 heavy (non-hydrogen) atoms. The van der Waals surface area contributed by atoms with Gasteiger partial charge in [0.05, 0.1) is 0 Å². The van der Waals surface area contributed by atoms with Crippen molar-refractivity contribution in [1.82, 2.24) is 4.98 Å². The fourth-order valence-corrected chi connectivity index (χ4v) is 1.69. The lowest BCUT2D eigenvalue weighted by Crippen LogP contribution is -1.88. The van der Waals surface area contributed by atoms with Gasteiger partial charge in [-0.25, -0.2) is 0 Å². The third-order valence-electron chi connectivity index (χ3n) is 2.83. The molecule has 0 saturated heterocycles. The molecule has 0 unspecified atom stereocenters. The predicted molar refractivity (Wildman–Crippen MR) is 63.9 cm³/mol. The van der Waals surface area contributed by atoms with Gasteiger partial charge in [-0.1, -0.05) is 24.3 Å². The van der Waals surface area contributed by atoms with Crippen molar-refractivity contribution in [1.29, 1.82) is 0 Å². The molecule has 1 heteroatoms. The van der Waals surface area contributed by atoms with E-state index in [1.807, 2.05) is 13.1 Å². The normalized spacial score (nSPS) is 10.3. The molecule has 0 atom stereocenters. The number of pyridine rings is 1. The van der Waals surface area contributed by atoms with E-state index in [9.17, 15) is 0 Å². The number of nitrogens with zero attached hydrogens (tertiary/aromatic N) is 1. The molecule has 0 radical (unpaired) electrons. The Bertz CT molecular complexity index is 469. The van der Waals surface area contributed by atoms with Crippen LogP contribution in [0.5, 0.6) is 0 Å². The molecule has 1 nitrogen and oxygen atoms in total. The highest BCUT2D eigenvalue weighted by molar-refractivity contribution is 5.67. The number of benzene rings is 1. The molecule has 1 aromatic heterocycles. The number of aryl methyl sites for hydroxylation is 2. The maximum Gasteiger partial charge on any atom is 0.0373 e. The molecule has 0 N–H and O–H groups in total. The minimum absolute atomic E-state index is 1.06. The van der Waals surface area contributed by atoms with Crippen molar-refractivity contribution in [2.75, 3.05) is 0 Å². The highest BCUT2D eigenvalue weighted by Gasteiger charge is 2.03. The third-order valence-corrected chi connectivity index (χ3v) is 2.83. The fraction of sp³-hybridized carbons (Fsp3) is 0.214. The summed E-state index contributed by atoms with van der Waals surface area (Å²) in [6, 6.07) is 10.6. The van der Waals surface area contributed by atoms with Gasteiger partial charge in [0.15, 0.2) is 0 Å². The molecule has 0 fully saturated rings. The minimum Gasteiger partial charge on any atom is -0.261 e. The quantitative estimate of drug-likeness (QED) is 0.679. The zero-order chi connectivity index (χ0) is 10.8. The standard InChI is InChI=1S/C14H15N/c1-10-5-4-6-14(12(10)3)13-8-7-11(2)15-9-13/h4-9H,1-3H3. The first-order valence-electron chi connectivity index (χ1n) is 5.18. The van der Waals surface area contributed by atoms with Crippen LogP contribution in [-0.4, -0.2) is 4.98 Å². The molecular weight excluding hydrogens is 182 g/mol. The average molecular weight is 197 g/mol. The molecular formula is C14H15N. The monoisotopic (exact) mass is 197 g/mol. The Morgan fingerprint density at radius 1 is 0.933 bits per heavy atom. The second-order valence-electron chi connectivity index (χ2n) is 3.94. The van der Waals surface area contributed by atoms with Crippen LogP contribution >= 0.6 is 0 Å². The third kappa shape index (κ3) is 1.91. The van der Waals surface area contributed by atoms with Crippen LogP contribution in [-0.2, 0) is 0 Å². The van der Waals surface area contributed by atoms with Gasteiger partial charge in [-0.05, 0) is 43.5 Å². The Labute approximate surface area is 90.8 Å². The van der Waals surface area contributed by atoms with Gasteiger partial charge in [-0.2, -0.15) is 0 Å². The van der Waals surface area contributed by atoms with Crippen molar-refractivity contribution < 1.29 is 0 Å². The number of hydrogen-bond acceptors (Lipinski definition) is 1. The van der Waals surface area contributed by atoms with Gasteiger partial charge in [0.25, 0.3) is 0 Å². The average Bonchev–Trinajstić information content (AvgIpc) is 2.24. The minimum atomic E-state index is 1.06. The molecule has 2 aromatic rings. The first-order valence-corrected chi connectivity index (χ1v) is 5.18. The summed E-state index contributed by atoms with van der Waals surface area (Å²) in [6.45, 7) is 6.30. The summed E-state index contributed by atoms with van der Waals surface area (Å²) >= 11 is 0. The van der Waals surface area contributed by atoms with Crippen LogP contribution < -0.4 is 0 Å². The Hall–Kier alpha value is -1.63. The van der Waals surface area contributed by atoms with Crippen molar-refractivity contribution in [2.45, 2.75) is 20.8 Å². The number of hydrogen-bond donors (Lipinski definition) is 0. The lowest BCUT2D eigenvalue weighted by atomic mass is 9.98. The lowest BCUT2D eigenvalue weighted by molar-refractivity contribution is 1.20. The zero-order valence-corrected chi connectivity index (χ0v) is 9.41. The van der Waals surface area contributed by atoms with E-state index >= 15 is 0 Å². The molecule has 76 valence electrons. The molecule has 2 rings (SSSR count). The smallest absolute Gasteiger partial charge is 0.0373 e. The van der Waals surface area contributed by atoms with E-state index in [4.69, 9.17) is 0 Å². The van der Waals surface area contributed by atoms with Crippen molar-refractivity contribution in [2.24, 2.45) is 0 Å². The van der Waals surface area contributed by atoms with E-state index in [2.05, 4.69) is 49.2 Å². The number of aromatic nitrogens is 1. The van der Waals surface area contributed by atoms with Crippen molar-refractivity contribution in [3.8, 4) is 11.1 Å². The topological polar surface area (TPSA) is 12.9 Å². The highest BCUT2D eigenvalue weighted by Crippen LogP contribution is 2.24.